The lowest BCUT2D eigenvalue weighted by Gasteiger charge is -2.09. The first-order valence-corrected chi connectivity index (χ1v) is 16.3. The van der Waals surface area contributed by atoms with Crippen LogP contribution < -0.4 is 5.14 Å². The van der Waals surface area contributed by atoms with Crippen LogP contribution in [0.5, 0.6) is 0 Å². The summed E-state index contributed by atoms with van der Waals surface area (Å²) in [5.74, 6) is 5.29. The molecule has 0 amide bonds. The second-order valence-electron chi connectivity index (χ2n) is 10.2. The summed E-state index contributed by atoms with van der Waals surface area (Å²) in [5, 5.41) is 23.9. The summed E-state index contributed by atoms with van der Waals surface area (Å²) in [5.41, 5.74) is 5.96. The van der Waals surface area contributed by atoms with E-state index in [4.69, 9.17) is 10.2 Å². The summed E-state index contributed by atoms with van der Waals surface area (Å²) >= 11 is 2.82. The Balaban J connectivity index is 1.49. The van der Waals surface area contributed by atoms with Crippen molar-refractivity contribution in [2.45, 2.75) is 37.5 Å². The minimum atomic E-state index is -2.30. The number of benzene rings is 2. The molecule has 0 saturated heterocycles. The molecule has 2 aromatic carbocycles. The second-order valence-corrected chi connectivity index (χ2v) is 13.1. The summed E-state index contributed by atoms with van der Waals surface area (Å²) in [6, 6.07) is 14.4. The molecule has 0 aliphatic heterocycles. The zero-order valence-electron chi connectivity index (χ0n) is 22.5. The number of carbonyl (C=O) groups is 1. The van der Waals surface area contributed by atoms with Crippen LogP contribution in [0.25, 0.3) is 16.4 Å². The fraction of sp³-hybridized carbons (Fsp3) is 0.194. The molecule has 7 nitrogen and oxygen atoms in total. The van der Waals surface area contributed by atoms with Crippen LogP contribution in [0.3, 0.4) is 0 Å². The fourth-order valence-electron chi connectivity index (χ4n) is 4.74. The van der Waals surface area contributed by atoms with Gasteiger partial charge in [0.1, 0.15) is 0 Å². The molecule has 5 aromatic rings. The van der Waals surface area contributed by atoms with Crippen molar-refractivity contribution in [1.29, 1.82) is 0 Å². The van der Waals surface area contributed by atoms with Crippen molar-refractivity contribution >= 4 is 39.6 Å². The SMILES string of the molecule is Cc1ccsc1C#Cc1cccc(-c2nn(-c3nc(C(=O)O)cs3)c(CC3CC3)c2Cc2ccc([SH+](N)=O)c(F)c2)c1. The Morgan fingerprint density at radius 3 is 2.69 bits per heavy atom. The van der Waals surface area contributed by atoms with Crippen LogP contribution in [0.15, 0.2) is 64.2 Å². The molecule has 0 radical (unpaired) electrons. The first-order chi connectivity index (χ1) is 20.3. The van der Waals surface area contributed by atoms with Crippen molar-refractivity contribution in [1.82, 2.24) is 14.8 Å². The van der Waals surface area contributed by atoms with E-state index in [1.54, 1.807) is 22.1 Å². The molecule has 42 heavy (non-hydrogen) atoms. The van der Waals surface area contributed by atoms with Crippen LogP contribution in [0.4, 0.5) is 4.39 Å². The Hall–Kier alpha value is -3.95. The standard InChI is InChI=1S/C31H25FN4O3S3/c1-18-11-12-40-27(18)9-7-19-3-2-4-22(13-19)29-23(14-21-8-10-28(42(33)39)24(32)15-21)26(16-20-5-6-20)36(35-29)31-34-25(17-41-31)30(37)38/h2-4,8,10-13,15,17,20H,5-6,14,16H2,1H3,(H2,33,39)(H,37,38)/p+1. The normalized spacial score (nSPS) is 13.5. The van der Waals surface area contributed by atoms with Crippen molar-refractivity contribution in [3.8, 4) is 28.2 Å². The van der Waals surface area contributed by atoms with Gasteiger partial charge in [-0.1, -0.05) is 34.2 Å². The van der Waals surface area contributed by atoms with E-state index >= 15 is 0 Å². The molecule has 1 fully saturated rings. The lowest BCUT2D eigenvalue weighted by atomic mass is 9.96. The van der Waals surface area contributed by atoms with Crippen molar-refractivity contribution in [2.24, 2.45) is 11.1 Å². The third-order valence-corrected chi connectivity index (χ3v) is 9.70. The highest BCUT2D eigenvalue weighted by molar-refractivity contribution is 7.82. The Labute approximate surface area is 252 Å². The summed E-state index contributed by atoms with van der Waals surface area (Å²) in [6.45, 7) is 2.03. The maximum atomic E-state index is 14.8. The number of hydrogen-bond acceptors (Lipinski definition) is 6. The number of rotatable bonds is 8. The van der Waals surface area contributed by atoms with Gasteiger partial charge in [0.05, 0.1) is 16.3 Å². The molecule has 6 rings (SSSR count). The summed E-state index contributed by atoms with van der Waals surface area (Å²) in [7, 11) is -2.30. The van der Waals surface area contributed by atoms with E-state index in [9.17, 15) is 18.5 Å². The predicted octanol–water partition coefficient (Wildman–Crippen LogP) is 6.07. The number of halogens is 1. The monoisotopic (exact) mass is 617 g/mol. The molecule has 212 valence electrons. The molecular weight excluding hydrogens is 592 g/mol. The Bertz CT molecular complexity index is 1910. The van der Waals surface area contributed by atoms with E-state index in [-0.39, 0.29) is 10.6 Å². The highest BCUT2D eigenvalue weighted by Gasteiger charge is 2.29. The highest BCUT2D eigenvalue weighted by Crippen LogP contribution is 2.38. The molecule has 0 spiro atoms. The topological polar surface area (TPSA) is 111 Å². The zero-order chi connectivity index (χ0) is 29.4. The van der Waals surface area contributed by atoms with Gasteiger partial charge < -0.3 is 5.11 Å². The molecule has 3 aromatic heterocycles. The minimum absolute atomic E-state index is 0.0147. The van der Waals surface area contributed by atoms with E-state index in [0.717, 1.165) is 52.1 Å². The smallest absolute Gasteiger partial charge is 0.355 e. The molecule has 3 heterocycles. The van der Waals surface area contributed by atoms with Gasteiger partial charge in [-0.2, -0.15) is 5.10 Å². The van der Waals surface area contributed by atoms with Crippen molar-refractivity contribution in [3.63, 3.8) is 0 Å². The van der Waals surface area contributed by atoms with E-state index in [1.807, 2.05) is 42.6 Å². The van der Waals surface area contributed by atoms with Gasteiger partial charge in [0.2, 0.25) is 10.0 Å². The van der Waals surface area contributed by atoms with Gasteiger partial charge in [-0.05, 0) is 78.9 Å². The number of thiazole rings is 1. The van der Waals surface area contributed by atoms with Crippen molar-refractivity contribution in [3.05, 3.63) is 104 Å². The molecule has 1 aliphatic rings. The van der Waals surface area contributed by atoms with Crippen molar-refractivity contribution in [2.75, 3.05) is 0 Å². The van der Waals surface area contributed by atoms with E-state index < -0.39 is 22.8 Å². The number of aryl methyl sites for hydroxylation is 1. The van der Waals surface area contributed by atoms with Crippen LogP contribution >= 0.6 is 22.7 Å². The number of thiophene rings is 1. The van der Waals surface area contributed by atoms with Gasteiger partial charge in [-0.25, -0.2) is 18.9 Å². The minimum Gasteiger partial charge on any atom is -0.476 e. The third-order valence-electron chi connectivity index (χ3n) is 7.11. The molecule has 1 atom stereocenters. The number of aromatic carboxylic acids is 1. The van der Waals surface area contributed by atoms with Crippen LogP contribution in [0.1, 0.15) is 56.2 Å². The number of carboxylic acids is 1. The Kier molecular flexibility index (Phi) is 7.88. The number of nitrogens with zero attached hydrogens (tertiary/aromatic N) is 3. The van der Waals surface area contributed by atoms with Crippen LogP contribution in [-0.4, -0.2) is 25.8 Å². The van der Waals surface area contributed by atoms with Crippen LogP contribution in [0.2, 0.25) is 0 Å². The highest BCUT2D eigenvalue weighted by atomic mass is 32.2. The van der Waals surface area contributed by atoms with Gasteiger partial charge in [-0.3, -0.25) is 0 Å². The molecule has 3 N–H and O–H groups in total. The number of thiol groups is 1. The number of nitrogens with two attached hydrogens (primary N) is 1. The summed E-state index contributed by atoms with van der Waals surface area (Å²) in [4.78, 5) is 16.9. The fourth-order valence-corrected chi connectivity index (χ4v) is 6.78. The lowest BCUT2D eigenvalue weighted by Crippen LogP contribution is -2.07. The lowest BCUT2D eigenvalue weighted by molar-refractivity contribution is 0.0691. The Morgan fingerprint density at radius 1 is 1.19 bits per heavy atom. The van der Waals surface area contributed by atoms with Crippen LogP contribution in [-0.2, 0) is 28.0 Å². The van der Waals surface area contributed by atoms with Crippen molar-refractivity contribution < 1.29 is 18.5 Å². The molecule has 1 saturated carbocycles. The third kappa shape index (κ3) is 5.98. The van der Waals surface area contributed by atoms with Gasteiger partial charge in [-0.15, -0.1) is 27.8 Å². The molecule has 1 aliphatic carbocycles. The van der Waals surface area contributed by atoms with Gasteiger partial charge >= 0.3 is 5.97 Å². The number of carboxylic acid groups (broad SMARTS) is 1. The summed E-state index contributed by atoms with van der Waals surface area (Å²) < 4.78 is 28.3. The Morgan fingerprint density at radius 2 is 2.02 bits per heavy atom. The average Bonchev–Trinajstić information content (AvgIpc) is 3.31. The summed E-state index contributed by atoms with van der Waals surface area (Å²) in [6.07, 6.45) is 3.28. The molecule has 0 bridgehead atoms. The van der Waals surface area contributed by atoms with E-state index in [0.29, 0.717) is 28.7 Å². The second kappa shape index (κ2) is 11.7. The first-order valence-electron chi connectivity index (χ1n) is 13.2. The number of hydrogen-bond donors (Lipinski definition) is 2. The largest absolute Gasteiger partial charge is 0.476 e. The molecule has 1 unspecified atom stereocenters. The maximum absolute atomic E-state index is 14.8. The van der Waals surface area contributed by atoms with E-state index in [1.165, 1.54) is 28.8 Å². The molecular formula is C31H26FN4O3S3+. The zero-order valence-corrected chi connectivity index (χ0v) is 25.0. The quantitative estimate of drug-likeness (QED) is 0.125. The maximum Gasteiger partial charge on any atom is 0.355 e. The average molecular weight is 618 g/mol. The number of aromatic nitrogens is 3. The van der Waals surface area contributed by atoms with Gasteiger partial charge in [0, 0.05) is 28.5 Å². The van der Waals surface area contributed by atoms with Gasteiger partial charge in [0.15, 0.2) is 22.5 Å². The molecule has 11 heteroatoms. The van der Waals surface area contributed by atoms with E-state index in [2.05, 4.69) is 16.8 Å². The van der Waals surface area contributed by atoms with Gasteiger partial charge in [0.25, 0.3) is 0 Å². The van der Waals surface area contributed by atoms with Crippen LogP contribution in [0, 0.1) is 30.5 Å². The predicted molar refractivity (Wildman–Crippen MR) is 164 cm³/mol. The first kappa shape index (κ1) is 28.2.